The van der Waals surface area contributed by atoms with Crippen LogP contribution in [0.15, 0.2) is 54.6 Å². The fourth-order valence-corrected chi connectivity index (χ4v) is 3.03. The molecule has 1 heterocycles. The molecule has 0 radical (unpaired) electrons. The van der Waals surface area contributed by atoms with Crippen molar-refractivity contribution < 1.29 is 9.53 Å². The number of rotatable bonds is 4. The Bertz CT molecular complexity index is 781. The van der Waals surface area contributed by atoms with Crippen molar-refractivity contribution in [3.63, 3.8) is 0 Å². The Morgan fingerprint density at radius 1 is 1.00 bits per heavy atom. The lowest BCUT2D eigenvalue weighted by Gasteiger charge is -2.28. The molecule has 0 spiro atoms. The van der Waals surface area contributed by atoms with Gasteiger partial charge in [0.05, 0.1) is 13.2 Å². The van der Waals surface area contributed by atoms with Crippen LogP contribution in [0.25, 0.3) is 6.08 Å². The quantitative estimate of drug-likeness (QED) is 0.814. The van der Waals surface area contributed by atoms with Gasteiger partial charge >= 0.3 is 0 Å². The number of nitrogens with zero attached hydrogens (tertiary/aromatic N) is 1. The fraction of sp³-hybridized carbons (Fsp3) is 0.348. The molecule has 4 nitrogen and oxygen atoms in total. The Hall–Kier alpha value is -2.59. The highest BCUT2D eigenvalue weighted by Crippen LogP contribution is 2.22. The summed E-state index contributed by atoms with van der Waals surface area (Å²) in [6, 6.07) is 16.3. The first-order valence-corrected chi connectivity index (χ1v) is 9.44. The lowest BCUT2D eigenvalue weighted by atomic mass is 9.87. The second-order valence-electron chi connectivity index (χ2n) is 7.84. The van der Waals surface area contributed by atoms with Crippen molar-refractivity contribution in [3.05, 3.63) is 65.7 Å². The van der Waals surface area contributed by atoms with E-state index in [9.17, 15) is 4.79 Å². The molecule has 0 atom stereocenters. The molecule has 27 heavy (non-hydrogen) atoms. The highest BCUT2D eigenvalue weighted by molar-refractivity contribution is 6.02. The maximum absolute atomic E-state index is 12.2. The molecule has 0 unspecified atom stereocenters. The maximum Gasteiger partial charge on any atom is 0.248 e. The van der Waals surface area contributed by atoms with Crippen LogP contribution in [0.2, 0.25) is 0 Å². The maximum atomic E-state index is 12.2. The van der Waals surface area contributed by atoms with Gasteiger partial charge in [0, 0.05) is 30.5 Å². The van der Waals surface area contributed by atoms with Crippen LogP contribution in [-0.2, 0) is 14.9 Å². The molecule has 0 saturated carbocycles. The topological polar surface area (TPSA) is 41.6 Å². The van der Waals surface area contributed by atoms with Crippen molar-refractivity contribution in [1.82, 2.24) is 0 Å². The van der Waals surface area contributed by atoms with Gasteiger partial charge in [-0.2, -0.15) is 0 Å². The number of carbonyl (C=O) groups is 1. The van der Waals surface area contributed by atoms with Gasteiger partial charge in [-0.05, 0) is 46.9 Å². The van der Waals surface area contributed by atoms with Gasteiger partial charge in [0.15, 0.2) is 0 Å². The molecule has 2 aromatic carbocycles. The van der Waals surface area contributed by atoms with E-state index in [1.165, 1.54) is 5.56 Å². The van der Waals surface area contributed by atoms with Crippen molar-refractivity contribution in [2.24, 2.45) is 0 Å². The molecule has 1 saturated heterocycles. The molecule has 3 rings (SSSR count). The number of carbonyl (C=O) groups excluding carboxylic acids is 1. The molecular formula is C23H28N2O2. The van der Waals surface area contributed by atoms with E-state index >= 15 is 0 Å². The number of nitrogens with one attached hydrogen (secondary N) is 1. The average Bonchev–Trinajstić information content (AvgIpc) is 2.67. The molecule has 0 aliphatic carbocycles. The van der Waals surface area contributed by atoms with Crippen LogP contribution < -0.4 is 10.2 Å². The first kappa shape index (κ1) is 19.2. The van der Waals surface area contributed by atoms with Gasteiger partial charge in [-0.25, -0.2) is 0 Å². The predicted octanol–water partition coefficient (Wildman–Crippen LogP) is 4.47. The fourth-order valence-electron chi connectivity index (χ4n) is 3.03. The summed E-state index contributed by atoms with van der Waals surface area (Å²) in [7, 11) is 0. The van der Waals surface area contributed by atoms with Crippen LogP contribution in [-0.4, -0.2) is 32.2 Å². The van der Waals surface area contributed by atoms with E-state index in [1.807, 2.05) is 42.5 Å². The van der Waals surface area contributed by atoms with Gasteiger partial charge in [-0.15, -0.1) is 0 Å². The second-order valence-corrected chi connectivity index (χ2v) is 7.84. The van der Waals surface area contributed by atoms with Crippen LogP contribution in [0.5, 0.6) is 0 Å². The standard InChI is InChI=1S/C23H28N2O2/c1-23(2,3)19-7-4-18(5-8-19)6-13-22(26)24-20-9-11-21(12-10-20)25-14-16-27-17-15-25/h4-13H,14-17H2,1-3H3,(H,24,26). The summed E-state index contributed by atoms with van der Waals surface area (Å²) in [5, 5.41) is 2.91. The minimum absolute atomic E-state index is 0.131. The van der Waals surface area contributed by atoms with E-state index in [1.54, 1.807) is 6.08 Å². The third-order valence-electron chi connectivity index (χ3n) is 4.71. The van der Waals surface area contributed by atoms with Crippen LogP contribution in [0.1, 0.15) is 31.9 Å². The highest BCUT2D eigenvalue weighted by Gasteiger charge is 2.12. The SMILES string of the molecule is CC(C)(C)c1ccc(C=CC(=O)Nc2ccc(N3CCOCC3)cc2)cc1. The molecule has 1 aliphatic heterocycles. The molecule has 0 bridgehead atoms. The van der Waals surface area contributed by atoms with E-state index in [0.29, 0.717) is 0 Å². The Morgan fingerprint density at radius 2 is 1.63 bits per heavy atom. The zero-order valence-electron chi connectivity index (χ0n) is 16.4. The van der Waals surface area contributed by atoms with Gasteiger partial charge < -0.3 is 15.0 Å². The largest absolute Gasteiger partial charge is 0.378 e. The predicted molar refractivity (Wildman–Crippen MR) is 112 cm³/mol. The average molecular weight is 364 g/mol. The minimum Gasteiger partial charge on any atom is -0.378 e. The summed E-state index contributed by atoms with van der Waals surface area (Å²) in [5.74, 6) is -0.131. The first-order valence-electron chi connectivity index (χ1n) is 9.44. The van der Waals surface area contributed by atoms with Crippen molar-refractivity contribution in [1.29, 1.82) is 0 Å². The van der Waals surface area contributed by atoms with Gasteiger partial charge in [-0.1, -0.05) is 45.0 Å². The molecular weight excluding hydrogens is 336 g/mol. The number of amides is 1. The zero-order valence-corrected chi connectivity index (χ0v) is 16.4. The lowest BCUT2D eigenvalue weighted by molar-refractivity contribution is -0.111. The summed E-state index contributed by atoms with van der Waals surface area (Å²) in [5.41, 5.74) is 4.38. The number of hydrogen-bond donors (Lipinski definition) is 1. The number of morpholine rings is 1. The summed E-state index contributed by atoms with van der Waals surface area (Å²) < 4.78 is 5.38. The number of anilines is 2. The van der Waals surface area contributed by atoms with Crippen LogP contribution >= 0.6 is 0 Å². The molecule has 1 amide bonds. The summed E-state index contributed by atoms with van der Waals surface area (Å²) in [6.45, 7) is 9.91. The van der Waals surface area contributed by atoms with Gasteiger partial charge in [-0.3, -0.25) is 4.79 Å². The van der Waals surface area contributed by atoms with Crippen LogP contribution in [0, 0.1) is 0 Å². The second kappa shape index (κ2) is 8.40. The summed E-state index contributed by atoms with van der Waals surface area (Å²) >= 11 is 0. The van der Waals surface area contributed by atoms with E-state index < -0.39 is 0 Å². The molecule has 0 aromatic heterocycles. The first-order chi connectivity index (χ1) is 12.9. The van der Waals surface area contributed by atoms with Crippen molar-refractivity contribution in [2.45, 2.75) is 26.2 Å². The normalized spacial score (nSPS) is 15.1. The van der Waals surface area contributed by atoms with E-state index in [4.69, 9.17) is 4.74 Å². The monoisotopic (exact) mass is 364 g/mol. The molecule has 1 N–H and O–H groups in total. The third-order valence-corrected chi connectivity index (χ3v) is 4.71. The Morgan fingerprint density at radius 3 is 2.22 bits per heavy atom. The lowest BCUT2D eigenvalue weighted by Crippen LogP contribution is -2.36. The summed E-state index contributed by atoms with van der Waals surface area (Å²) in [4.78, 5) is 14.5. The smallest absolute Gasteiger partial charge is 0.248 e. The van der Waals surface area contributed by atoms with Crippen LogP contribution in [0.3, 0.4) is 0 Å². The van der Waals surface area contributed by atoms with Crippen LogP contribution in [0.4, 0.5) is 11.4 Å². The molecule has 142 valence electrons. The van der Waals surface area contributed by atoms with Crippen molar-refractivity contribution >= 4 is 23.4 Å². The zero-order chi connectivity index (χ0) is 19.3. The summed E-state index contributed by atoms with van der Waals surface area (Å²) in [6.07, 6.45) is 3.41. The Balaban J connectivity index is 1.56. The number of hydrogen-bond acceptors (Lipinski definition) is 3. The van der Waals surface area contributed by atoms with Gasteiger partial charge in [0.2, 0.25) is 5.91 Å². The van der Waals surface area contributed by atoms with Crippen molar-refractivity contribution in [3.8, 4) is 0 Å². The molecule has 1 fully saturated rings. The number of benzene rings is 2. The van der Waals surface area contributed by atoms with Crippen molar-refractivity contribution in [2.75, 3.05) is 36.5 Å². The van der Waals surface area contributed by atoms with E-state index in [2.05, 4.69) is 43.1 Å². The van der Waals surface area contributed by atoms with Gasteiger partial charge in [0.1, 0.15) is 0 Å². The molecule has 4 heteroatoms. The molecule has 2 aromatic rings. The number of ether oxygens (including phenoxy) is 1. The highest BCUT2D eigenvalue weighted by atomic mass is 16.5. The third kappa shape index (κ3) is 5.44. The Kier molecular flexibility index (Phi) is 5.97. The van der Waals surface area contributed by atoms with E-state index in [-0.39, 0.29) is 11.3 Å². The minimum atomic E-state index is -0.131. The molecule has 1 aliphatic rings. The Labute approximate surface area is 161 Å². The van der Waals surface area contributed by atoms with Gasteiger partial charge in [0.25, 0.3) is 0 Å². The van der Waals surface area contributed by atoms with E-state index in [0.717, 1.165) is 43.2 Å².